The molecule has 0 saturated carbocycles. The summed E-state index contributed by atoms with van der Waals surface area (Å²) in [7, 11) is 0. The number of benzene rings is 1. The molecule has 0 atom stereocenters. The number of hydrazone groups is 1. The number of amides is 1. The normalized spacial score (nSPS) is 11.8. The van der Waals surface area contributed by atoms with Gasteiger partial charge in [-0.25, -0.2) is 10.1 Å². The first-order chi connectivity index (χ1) is 9.88. The van der Waals surface area contributed by atoms with E-state index in [0.717, 1.165) is 5.56 Å². The summed E-state index contributed by atoms with van der Waals surface area (Å²) in [5.41, 5.74) is 9.82. The molecule has 3 N–H and O–H groups in total. The Bertz CT molecular complexity index is 653. The molecule has 0 aliphatic rings. The van der Waals surface area contributed by atoms with E-state index in [9.17, 15) is 4.79 Å². The summed E-state index contributed by atoms with van der Waals surface area (Å²) in [5.74, 6) is -0.645. The molecule has 0 saturated heterocycles. The molecule has 7 heteroatoms. The fraction of sp³-hybridized carbons (Fsp3) is 0.286. The molecule has 0 aliphatic heterocycles. The first kappa shape index (κ1) is 14.7. The maximum atomic E-state index is 11.6. The lowest BCUT2D eigenvalue weighted by Gasteiger charge is -2.18. The molecule has 0 radical (unpaired) electrons. The van der Waals surface area contributed by atoms with Crippen LogP contribution in [0.5, 0.6) is 0 Å². The molecule has 0 spiro atoms. The molecule has 2 rings (SSSR count). The Hall–Kier alpha value is -2.70. The van der Waals surface area contributed by atoms with E-state index in [1.54, 1.807) is 0 Å². The van der Waals surface area contributed by atoms with Gasteiger partial charge in [0.15, 0.2) is 0 Å². The van der Waals surface area contributed by atoms with Crippen LogP contribution in [0.1, 0.15) is 42.4 Å². The number of aromatic nitrogens is 2. The number of anilines is 1. The van der Waals surface area contributed by atoms with Gasteiger partial charge in [0.25, 0.3) is 5.91 Å². The summed E-state index contributed by atoms with van der Waals surface area (Å²) < 4.78 is 4.34. The summed E-state index contributed by atoms with van der Waals surface area (Å²) in [6, 6.07) is 7.93. The van der Waals surface area contributed by atoms with E-state index in [0.29, 0.717) is 0 Å². The highest BCUT2D eigenvalue weighted by Gasteiger charge is 2.15. The Morgan fingerprint density at radius 3 is 2.48 bits per heavy atom. The van der Waals surface area contributed by atoms with Crippen LogP contribution in [0.4, 0.5) is 5.82 Å². The molecule has 1 heterocycles. The lowest BCUT2D eigenvalue weighted by atomic mass is 9.87. The van der Waals surface area contributed by atoms with Gasteiger partial charge in [0.05, 0.1) is 6.21 Å². The number of rotatable bonds is 3. The third-order valence-electron chi connectivity index (χ3n) is 2.89. The molecule has 0 unspecified atom stereocenters. The van der Waals surface area contributed by atoms with Gasteiger partial charge < -0.3 is 5.73 Å². The number of nitrogens with one attached hydrogen (secondary N) is 1. The van der Waals surface area contributed by atoms with E-state index in [-0.39, 0.29) is 16.9 Å². The minimum Gasteiger partial charge on any atom is -0.379 e. The van der Waals surface area contributed by atoms with Gasteiger partial charge in [0, 0.05) is 0 Å². The zero-order valence-corrected chi connectivity index (χ0v) is 12.1. The molecule has 1 amide bonds. The number of hydrogen-bond donors (Lipinski definition) is 2. The van der Waals surface area contributed by atoms with Gasteiger partial charge in [0.2, 0.25) is 11.5 Å². The second-order valence-corrected chi connectivity index (χ2v) is 5.57. The zero-order chi connectivity index (χ0) is 15.5. The number of nitrogens with two attached hydrogens (primary N) is 1. The van der Waals surface area contributed by atoms with Crippen molar-refractivity contribution in [2.75, 3.05) is 5.73 Å². The van der Waals surface area contributed by atoms with Gasteiger partial charge in [0.1, 0.15) is 0 Å². The van der Waals surface area contributed by atoms with Gasteiger partial charge in [-0.2, -0.15) is 5.10 Å². The van der Waals surface area contributed by atoms with Crippen molar-refractivity contribution in [2.24, 2.45) is 5.10 Å². The van der Waals surface area contributed by atoms with Crippen LogP contribution in [0.25, 0.3) is 0 Å². The molecule has 0 bridgehead atoms. The van der Waals surface area contributed by atoms with Crippen LogP contribution in [0.3, 0.4) is 0 Å². The summed E-state index contributed by atoms with van der Waals surface area (Å²) in [6.07, 6.45) is 1.54. The fourth-order valence-corrected chi connectivity index (χ4v) is 1.64. The smallest absolute Gasteiger partial charge is 0.297 e. The van der Waals surface area contributed by atoms with Crippen molar-refractivity contribution >= 4 is 17.9 Å². The van der Waals surface area contributed by atoms with E-state index >= 15 is 0 Å². The van der Waals surface area contributed by atoms with Gasteiger partial charge in [-0.15, -0.1) is 0 Å². The van der Waals surface area contributed by atoms with Crippen molar-refractivity contribution in [3.63, 3.8) is 0 Å². The average molecular weight is 287 g/mol. The van der Waals surface area contributed by atoms with Crippen molar-refractivity contribution in [3.8, 4) is 0 Å². The Kier molecular flexibility index (Phi) is 4.02. The number of carbonyl (C=O) groups is 1. The number of hydrogen-bond acceptors (Lipinski definition) is 6. The lowest BCUT2D eigenvalue weighted by molar-refractivity contribution is 0.0946. The first-order valence-electron chi connectivity index (χ1n) is 6.40. The van der Waals surface area contributed by atoms with Crippen molar-refractivity contribution < 1.29 is 9.42 Å². The molecule has 0 aliphatic carbocycles. The quantitative estimate of drug-likeness (QED) is 0.660. The van der Waals surface area contributed by atoms with Gasteiger partial charge in [-0.05, 0) is 26.9 Å². The van der Waals surface area contributed by atoms with Crippen molar-refractivity contribution in [1.82, 2.24) is 15.7 Å². The van der Waals surface area contributed by atoms with Crippen LogP contribution in [0.2, 0.25) is 0 Å². The molecule has 1 aromatic heterocycles. The van der Waals surface area contributed by atoms with Gasteiger partial charge >= 0.3 is 0 Å². The van der Waals surface area contributed by atoms with Crippen LogP contribution in [-0.2, 0) is 5.41 Å². The monoisotopic (exact) mass is 287 g/mol. The Morgan fingerprint density at radius 2 is 1.95 bits per heavy atom. The minimum atomic E-state index is -0.573. The number of nitrogen functional groups attached to an aromatic ring is 1. The van der Waals surface area contributed by atoms with Gasteiger partial charge in [-0.1, -0.05) is 45.0 Å². The third kappa shape index (κ3) is 3.65. The second kappa shape index (κ2) is 5.74. The maximum absolute atomic E-state index is 11.6. The summed E-state index contributed by atoms with van der Waals surface area (Å²) >= 11 is 0. The standard InChI is InChI=1S/C14H17N5O2/c1-14(2,3)10-6-4-9(5-7-10)8-16-17-13(20)11-12(15)19-21-18-11/h4-8H,1-3H3,(H2,15,19)(H,17,20)/b16-8+. The highest BCUT2D eigenvalue weighted by atomic mass is 16.6. The Balaban J connectivity index is 1.99. The number of carbonyl (C=O) groups excluding carboxylic acids is 1. The van der Waals surface area contributed by atoms with Crippen molar-refractivity contribution in [1.29, 1.82) is 0 Å². The van der Waals surface area contributed by atoms with E-state index in [1.807, 2.05) is 24.3 Å². The summed E-state index contributed by atoms with van der Waals surface area (Å²) in [5, 5.41) is 10.5. The van der Waals surface area contributed by atoms with Crippen LogP contribution in [-0.4, -0.2) is 22.4 Å². The SMILES string of the molecule is CC(C)(C)c1ccc(/C=N/NC(=O)c2nonc2N)cc1. The molecule has 2 aromatic rings. The number of nitrogens with zero attached hydrogens (tertiary/aromatic N) is 3. The minimum absolute atomic E-state index is 0.0720. The molecular formula is C14H17N5O2. The average Bonchev–Trinajstić information content (AvgIpc) is 2.84. The second-order valence-electron chi connectivity index (χ2n) is 5.57. The fourth-order valence-electron chi connectivity index (χ4n) is 1.64. The topological polar surface area (TPSA) is 106 Å². The van der Waals surface area contributed by atoms with Crippen LogP contribution < -0.4 is 11.2 Å². The lowest BCUT2D eigenvalue weighted by Crippen LogP contribution is -2.19. The summed E-state index contributed by atoms with van der Waals surface area (Å²) in [6.45, 7) is 6.44. The zero-order valence-electron chi connectivity index (χ0n) is 12.1. The highest BCUT2D eigenvalue weighted by molar-refractivity contribution is 5.96. The van der Waals surface area contributed by atoms with Crippen molar-refractivity contribution in [3.05, 3.63) is 41.1 Å². The molecule has 1 aromatic carbocycles. The predicted octanol–water partition coefficient (Wildman–Crippen LogP) is 1.71. The van der Waals surface area contributed by atoms with Crippen LogP contribution in [0, 0.1) is 0 Å². The van der Waals surface area contributed by atoms with E-state index in [1.165, 1.54) is 11.8 Å². The molecular weight excluding hydrogens is 270 g/mol. The predicted molar refractivity (Wildman–Crippen MR) is 78.9 cm³/mol. The van der Waals surface area contributed by atoms with Crippen LogP contribution in [0.15, 0.2) is 34.0 Å². The molecule has 7 nitrogen and oxygen atoms in total. The largest absolute Gasteiger partial charge is 0.379 e. The van der Waals surface area contributed by atoms with Crippen molar-refractivity contribution in [2.45, 2.75) is 26.2 Å². The van der Waals surface area contributed by atoms with E-state index in [2.05, 4.69) is 46.2 Å². The Morgan fingerprint density at radius 1 is 1.29 bits per heavy atom. The van der Waals surface area contributed by atoms with E-state index in [4.69, 9.17) is 5.73 Å². The third-order valence-corrected chi connectivity index (χ3v) is 2.89. The molecule has 0 fully saturated rings. The first-order valence-corrected chi connectivity index (χ1v) is 6.40. The highest BCUT2D eigenvalue weighted by Crippen LogP contribution is 2.21. The van der Waals surface area contributed by atoms with Crippen LogP contribution >= 0.6 is 0 Å². The maximum Gasteiger partial charge on any atom is 0.297 e. The summed E-state index contributed by atoms with van der Waals surface area (Å²) in [4.78, 5) is 11.6. The molecule has 21 heavy (non-hydrogen) atoms. The van der Waals surface area contributed by atoms with Gasteiger partial charge in [-0.3, -0.25) is 4.79 Å². The molecule has 110 valence electrons. The Labute approximate surface area is 122 Å². The van der Waals surface area contributed by atoms with E-state index < -0.39 is 5.91 Å².